The second kappa shape index (κ2) is 7.90. The van der Waals surface area contributed by atoms with Gasteiger partial charge < -0.3 is 0 Å². The van der Waals surface area contributed by atoms with E-state index in [4.69, 9.17) is 0 Å². The van der Waals surface area contributed by atoms with E-state index in [1.165, 1.54) is 24.8 Å². The molecule has 26 heavy (non-hydrogen) atoms. The van der Waals surface area contributed by atoms with Gasteiger partial charge in [-0.2, -0.15) is 0 Å². The van der Waals surface area contributed by atoms with E-state index in [-0.39, 0.29) is 0 Å². The van der Waals surface area contributed by atoms with Crippen LogP contribution in [0.25, 0.3) is 6.08 Å². The van der Waals surface area contributed by atoms with E-state index in [1.54, 1.807) is 33.4 Å². The summed E-state index contributed by atoms with van der Waals surface area (Å²) in [5, 5.41) is 0. The van der Waals surface area contributed by atoms with E-state index >= 15 is 0 Å². The monoisotopic (exact) mass is 650 g/mol. The Bertz CT molecular complexity index is 802. The molecule has 0 aromatic heterocycles. The molecule has 0 saturated carbocycles. The Labute approximate surface area is 182 Å². The quantitative estimate of drug-likeness (QED) is 0.279. The third kappa shape index (κ3) is 2.96. The zero-order valence-corrected chi connectivity index (χ0v) is 23.6. The van der Waals surface area contributed by atoms with Gasteiger partial charge in [0.15, 0.2) is 0 Å². The number of hydrogen-bond acceptors (Lipinski definition) is 0. The molecule has 2 aliphatic carbocycles. The fraction of sp³-hybridized carbons (Fsp3) is 0.478. The van der Waals surface area contributed by atoms with Gasteiger partial charge >= 0.3 is 185 Å². The molecule has 0 fully saturated rings. The zero-order valence-electron chi connectivity index (χ0n) is 16.8. The Morgan fingerprint density at radius 3 is 2.08 bits per heavy atom. The van der Waals surface area contributed by atoms with Crippen LogP contribution in [-0.4, -0.2) is 0 Å². The zero-order chi connectivity index (χ0) is 19.3. The molecule has 1 atom stereocenters. The number of benzene rings is 1. The molecule has 0 aliphatic heterocycles. The fourth-order valence-electron chi connectivity index (χ4n) is 5.32. The van der Waals surface area contributed by atoms with E-state index in [0.29, 0.717) is 6.75 Å². The number of halogens is 2. The van der Waals surface area contributed by atoms with E-state index in [9.17, 15) is 0 Å². The Hall–Kier alpha value is 0.783. The third-order valence-electron chi connectivity index (χ3n) is 6.99. The van der Waals surface area contributed by atoms with Gasteiger partial charge in [0.25, 0.3) is 0 Å². The Morgan fingerprint density at radius 2 is 1.54 bits per heavy atom. The van der Waals surface area contributed by atoms with Gasteiger partial charge in [0, 0.05) is 0 Å². The molecule has 2 aliphatic rings. The van der Waals surface area contributed by atoms with Crippen molar-refractivity contribution in [3.8, 4) is 0 Å². The Balaban J connectivity index is 2.23. The summed E-state index contributed by atoms with van der Waals surface area (Å²) in [6.07, 6.45) is 6.27. The second-order valence-electron chi connectivity index (χ2n) is 7.91. The molecule has 0 spiro atoms. The molecule has 3 rings (SSSR count). The summed E-state index contributed by atoms with van der Waals surface area (Å²) >= 11 is 3.29. The molecule has 0 nitrogen and oxygen atoms in total. The normalized spacial score (nSPS) is 22.2. The summed E-state index contributed by atoms with van der Waals surface area (Å²) in [6, 6.07) is 9.20. The predicted octanol–water partition coefficient (Wildman–Crippen LogP) is 9.03. The van der Waals surface area contributed by atoms with Crippen LogP contribution in [0.4, 0.5) is 0 Å². The second-order valence-corrected chi connectivity index (χ2v) is 46.8. The maximum absolute atomic E-state index is 3.02. The van der Waals surface area contributed by atoms with Crippen molar-refractivity contribution in [1.29, 1.82) is 0 Å². The van der Waals surface area contributed by atoms with Crippen LogP contribution in [0.15, 0.2) is 52.1 Å². The summed E-state index contributed by atoms with van der Waals surface area (Å²) < 4.78 is 1.02. The molecule has 1 aromatic carbocycles. The third-order valence-corrected chi connectivity index (χ3v) is 34.2. The van der Waals surface area contributed by atoms with Gasteiger partial charge in [-0.15, -0.1) is 0 Å². The molecule has 0 amide bonds. The first-order chi connectivity index (χ1) is 12.2. The van der Waals surface area contributed by atoms with Gasteiger partial charge in [-0.05, 0) is 0 Å². The summed E-state index contributed by atoms with van der Waals surface area (Å²) in [6.45, 7) is 14.3. The molecule has 1 aromatic rings. The average Bonchev–Trinajstić information content (AvgIpc) is 3.06. The van der Waals surface area contributed by atoms with Crippen molar-refractivity contribution in [2.45, 2.75) is 67.6 Å². The number of hydrogen-bond donors (Lipinski definition) is 0. The number of rotatable bonds is 5. The van der Waals surface area contributed by atoms with Gasteiger partial charge in [0.05, 0.1) is 0 Å². The van der Waals surface area contributed by atoms with Gasteiger partial charge in [-0.25, -0.2) is 0 Å². The summed E-state index contributed by atoms with van der Waals surface area (Å²) in [7, 11) is 0. The average molecular weight is 652 g/mol. The van der Waals surface area contributed by atoms with Crippen LogP contribution < -0.4 is 0 Å². The van der Waals surface area contributed by atoms with E-state index < -0.39 is 11.9 Å². The molecule has 0 heterocycles. The van der Waals surface area contributed by atoms with Crippen LogP contribution in [0, 0.1) is 0 Å². The van der Waals surface area contributed by atoms with Crippen molar-refractivity contribution in [1.82, 2.24) is 0 Å². The van der Waals surface area contributed by atoms with Crippen LogP contribution in [0.5, 0.6) is 0 Å². The minimum atomic E-state index is -2.75. The van der Waals surface area contributed by atoms with Gasteiger partial charge in [0.2, 0.25) is 0 Å². The van der Waals surface area contributed by atoms with Crippen molar-refractivity contribution in [2.75, 3.05) is 0 Å². The van der Waals surface area contributed by atoms with Crippen LogP contribution >= 0.6 is 36.1 Å². The molecule has 140 valence electrons. The van der Waals surface area contributed by atoms with Crippen molar-refractivity contribution in [3.63, 3.8) is 0 Å². The number of fused-ring (bicyclic) bond motifs is 1. The first-order valence-electron chi connectivity index (χ1n) is 9.77. The summed E-state index contributed by atoms with van der Waals surface area (Å²) in [5.41, 5.74) is 11.3. The number of allylic oxidation sites excluding steroid dienone is 5. The van der Waals surface area contributed by atoms with E-state index in [0.717, 1.165) is 0 Å². The van der Waals surface area contributed by atoms with E-state index in [1.807, 2.05) is 0 Å². The van der Waals surface area contributed by atoms with Crippen molar-refractivity contribution < 1.29 is 11.9 Å². The molecule has 0 saturated heterocycles. The molecule has 0 N–H and O–H groups in total. The minimum absolute atomic E-state index is 0.332. The molecule has 3 heteroatoms. The summed E-state index contributed by atoms with van der Waals surface area (Å²) in [5.74, 6) is 0. The van der Waals surface area contributed by atoms with Crippen LogP contribution in [-0.2, 0) is 11.9 Å². The van der Waals surface area contributed by atoms with Crippen molar-refractivity contribution in [2.24, 2.45) is 0 Å². The molecular weight excluding hydrogens is 621 g/mol. The van der Waals surface area contributed by atoms with Crippen molar-refractivity contribution in [3.05, 3.63) is 63.3 Å². The molecular formula is C23H30I2Zr. The van der Waals surface area contributed by atoms with E-state index in [2.05, 4.69) is 108 Å². The van der Waals surface area contributed by atoms with Crippen molar-refractivity contribution >= 4 is 42.2 Å². The first-order valence-corrected chi connectivity index (χ1v) is 27.0. The SMILES string of the molecule is CCCC1=Cc2ccccc2[CH]1[Zr]([I])([I])[C]1(CC)C(C)=C(C)C(C)=C1C. The topological polar surface area (TPSA) is 0 Å². The van der Waals surface area contributed by atoms with Crippen LogP contribution in [0.1, 0.15) is 75.6 Å². The van der Waals surface area contributed by atoms with Gasteiger partial charge in [-0.3, -0.25) is 0 Å². The van der Waals surface area contributed by atoms with Crippen LogP contribution in [0.3, 0.4) is 0 Å². The fourth-order valence-corrected chi connectivity index (χ4v) is 37.2. The Kier molecular flexibility index (Phi) is 6.53. The standard InChI is InChI=1S/C12H13.C11H17.2HI.Zr/c1-2-5-10-8-11-6-3-4-7-12(11)9-10;1-6-11-9(4)7(2)8(3)10(11)5;;;/h3-4,6-9H,2,5H2,1H3;6H2,1-5H3;2*1H;/q;;;;+2/p-2. The van der Waals surface area contributed by atoms with Crippen LogP contribution in [0.2, 0.25) is 3.12 Å². The molecule has 0 radical (unpaired) electrons. The maximum atomic E-state index is 3.02. The molecule has 0 bridgehead atoms. The molecule has 1 unspecified atom stereocenters. The van der Waals surface area contributed by atoms with Gasteiger partial charge in [0.1, 0.15) is 0 Å². The first kappa shape index (κ1) is 21.5. The summed E-state index contributed by atoms with van der Waals surface area (Å²) in [4.78, 5) is 0. The van der Waals surface area contributed by atoms with Gasteiger partial charge in [-0.1, -0.05) is 0 Å². The Morgan fingerprint density at radius 1 is 0.962 bits per heavy atom. The predicted molar refractivity (Wildman–Crippen MR) is 130 cm³/mol.